The van der Waals surface area contributed by atoms with Gasteiger partial charge in [0.1, 0.15) is 0 Å². The number of unbranched alkanes of at least 4 members (excludes halogenated alkanes) is 6. The molecule has 24 heavy (non-hydrogen) atoms. The lowest BCUT2D eigenvalue weighted by molar-refractivity contribution is -0.151. The Morgan fingerprint density at radius 3 is 1.96 bits per heavy atom. The first kappa shape index (κ1) is 22.9. The topological polar surface area (TPSA) is 52.6 Å². The molecule has 0 fully saturated rings. The van der Waals surface area contributed by atoms with E-state index in [1.54, 1.807) is 0 Å². The van der Waals surface area contributed by atoms with Crippen molar-refractivity contribution < 1.29 is 19.1 Å². The average Bonchev–Trinajstić information content (AvgIpc) is 2.59. The highest BCUT2D eigenvalue weighted by Gasteiger charge is 2.12. The predicted octanol–water partition coefficient (Wildman–Crippen LogP) is 5.43. The Balaban J connectivity index is 3.58. The second-order valence-corrected chi connectivity index (χ2v) is 6.59. The second-order valence-electron chi connectivity index (χ2n) is 6.59. The smallest absolute Gasteiger partial charge is 0.306 e. The van der Waals surface area contributed by atoms with E-state index in [0.717, 1.165) is 32.1 Å². The van der Waals surface area contributed by atoms with Crippen molar-refractivity contribution in [2.24, 2.45) is 5.92 Å². The fourth-order valence-corrected chi connectivity index (χ4v) is 2.53. The summed E-state index contributed by atoms with van der Waals surface area (Å²) in [6.07, 6.45) is 11.7. The molecular formula is C20H38O4. The van der Waals surface area contributed by atoms with Crippen LogP contribution in [-0.2, 0) is 19.1 Å². The fourth-order valence-electron chi connectivity index (χ4n) is 2.53. The van der Waals surface area contributed by atoms with E-state index in [9.17, 15) is 9.59 Å². The van der Waals surface area contributed by atoms with Crippen LogP contribution in [0, 0.1) is 5.92 Å². The van der Waals surface area contributed by atoms with E-state index in [4.69, 9.17) is 9.47 Å². The number of carbonyl (C=O) groups is 2. The molecule has 0 aromatic rings. The van der Waals surface area contributed by atoms with Gasteiger partial charge in [-0.05, 0) is 18.8 Å². The van der Waals surface area contributed by atoms with E-state index >= 15 is 0 Å². The Kier molecular flexibility index (Phi) is 16.0. The summed E-state index contributed by atoms with van der Waals surface area (Å²) in [7, 11) is 0. The van der Waals surface area contributed by atoms with E-state index < -0.39 is 0 Å². The lowest BCUT2D eigenvalue weighted by Crippen LogP contribution is -2.15. The maximum absolute atomic E-state index is 11.7. The van der Waals surface area contributed by atoms with E-state index in [1.165, 1.54) is 32.1 Å². The highest BCUT2D eigenvalue weighted by atomic mass is 16.5. The van der Waals surface area contributed by atoms with Gasteiger partial charge in [-0.1, -0.05) is 72.1 Å². The van der Waals surface area contributed by atoms with Gasteiger partial charge in [-0.3, -0.25) is 9.59 Å². The van der Waals surface area contributed by atoms with E-state index in [-0.39, 0.29) is 24.8 Å². The quantitative estimate of drug-likeness (QED) is 0.277. The third-order valence-electron chi connectivity index (χ3n) is 4.32. The van der Waals surface area contributed by atoms with Gasteiger partial charge in [0.15, 0.2) is 0 Å². The molecule has 0 aliphatic carbocycles. The molecule has 0 bridgehead atoms. The van der Waals surface area contributed by atoms with Crippen molar-refractivity contribution in [2.75, 3.05) is 13.2 Å². The zero-order valence-corrected chi connectivity index (χ0v) is 16.1. The van der Waals surface area contributed by atoms with Crippen molar-refractivity contribution >= 4 is 11.9 Å². The van der Waals surface area contributed by atoms with Gasteiger partial charge < -0.3 is 9.47 Å². The SMILES string of the molecule is CCCCCCCCOC(=O)CCC(=O)OCC(CC)CCCC. The van der Waals surface area contributed by atoms with Crippen LogP contribution in [0.25, 0.3) is 0 Å². The van der Waals surface area contributed by atoms with Crippen LogP contribution < -0.4 is 0 Å². The van der Waals surface area contributed by atoms with E-state index in [0.29, 0.717) is 19.1 Å². The van der Waals surface area contributed by atoms with Crippen molar-refractivity contribution in [3.63, 3.8) is 0 Å². The van der Waals surface area contributed by atoms with Crippen LogP contribution in [0.2, 0.25) is 0 Å². The Labute approximate surface area is 148 Å². The molecule has 4 heteroatoms. The largest absolute Gasteiger partial charge is 0.466 e. The van der Waals surface area contributed by atoms with Crippen LogP contribution in [0.3, 0.4) is 0 Å². The maximum Gasteiger partial charge on any atom is 0.306 e. The van der Waals surface area contributed by atoms with Gasteiger partial charge in [0.25, 0.3) is 0 Å². The molecule has 1 atom stereocenters. The third kappa shape index (κ3) is 14.5. The summed E-state index contributed by atoms with van der Waals surface area (Å²) in [6.45, 7) is 7.42. The van der Waals surface area contributed by atoms with Gasteiger partial charge in [-0.2, -0.15) is 0 Å². The average molecular weight is 343 g/mol. The Hall–Kier alpha value is -1.06. The molecule has 0 saturated carbocycles. The highest BCUT2D eigenvalue weighted by Crippen LogP contribution is 2.13. The first-order valence-electron chi connectivity index (χ1n) is 9.95. The molecule has 1 unspecified atom stereocenters. The van der Waals surface area contributed by atoms with Gasteiger partial charge >= 0.3 is 11.9 Å². The summed E-state index contributed by atoms with van der Waals surface area (Å²) in [6, 6.07) is 0. The molecule has 142 valence electrons. The molecule has 0 radical (unpaired) electrons. The van der Waals surface area contributed by atoms with Crippen LogP contribution in [0.15, 0.2) is 0 Å². The lowest BCUT2D eigenvalue weighted by Gasteiger charge is -2.14. The van der Waals surface area contributed by atoms with Crippen LogP contribution in [0.5, 0.6) is 0 Å². The summed E-state index contributed by atoms with van der Waals surface area (Å²) in [5, 5.41) is 0. The van der Waals surface area contributed by atoms with Gasteiger partial charge in [-0.15, -0.1) is 0 Å². The molecule has 0 N–H and O–H groups in total. The van der Waals surface area contributed by atoms with Crippen LogP contribution >= 0.6 is 0 Å². The summed E-state index contributed by atoms with van der Waals surface area (Å²) >= 11 is 0. The number of ether oxygens (including phenoxy) is 2. The molecule has 0 aliphatic heterocycles. The molecule has 0 rings (SSSR count). The molecule has 0 saturated heterocycles. The predicted molar refractivity (Wildman–Crippen MR) is 97.8 cm³/mol. The van der Waals surface area contributed by atoms with Crippen molar-refractivity contribution in [1.29, 1.82) is 0 Å². The summed E-state index contributed by atoms with van der Waals surface area (Å²) in [4.78, 5) is 23.3. The van der Waals surface area contributed by atoms with Crippen LogP contribution in [-0.4, -0.2) is 25.2 Å². The summed E-state index contributed by atoms with van der Waals surface area (Å²) < 4.78 is 10.4. The molecule has 0 aliphatic rings. The van der Waals surface area contributed by atoms with Gasteiger partial charge in [0, 0.05) is 0 Å². The standard InChI is InChI=1S/C20H38O4/c1-4-7-9-10-11-12-16-23-19(21)14-15-20(22)24-17-18(6-3)13-8-5-2/h18H,4-17H2,1-3H3. The minimum Gasteiger partial charge on any atom is -0.466 e. The highest BCUT2D eigenvalue weighted by molar-refractivity contribution is 5.77. The Bertz CT molecular complexity index is 315. The maximum atomic E-state index is 11.7. The molecule has 4 nitrogen and oxygen atoms in total. The first-order valence-corrected chi connectivity index (χ1v) is 9.95. The Morgan fingerprint density at radius 1 is 0.750 bits per heavy atom. The molecule has 0 aromatic carbocycles. The van der Waals surface area contributed by atoms with Crippen molar-refractivity contribution in [1.82, 2.24) is 0 Å². The van der Waals surface area contributed by atoms with Crippen molar-refractivity contribution in [2.45, 2.75) is 97.8 Å². The normalized spacial score (nSPS) is 12.0. The molecule has 0 amide bonds. The summed E-state index contributed by atoms with van der Waals surface area (Å²) in [5.74, 6) is -0.145. The monoisotopic (exact) mass is 342 g/mol. The van der Waals surface area contributed by atoms with Gasteiger partial charge in [-0.25, -0.2) is 0 Å². The number of esters is 2. The third-order valence-corrected chi connectivity index (χ3v) is 4.32. The van der Waals surface area contributed by atoms with E-state index in [2.05, 4.69) is 20.8 Å². The number of hydrogen-bond acceptors (Lipinski definition) is 4. The summed E-state index contributed by atoms with van der Waals surface area (Å²) in [5.41, 5.74) is 0. The van der Waals surface area contributed by atoms with Gasteiger partial charge in [0.2, 0.25) is 0 Å². The number of carbonyl (C=O) groups excluding carboxylic acids is 2. The van der Waals surface area contributed by atoms with Crippen LogP contribution in [0.4, 0.5) is 0 Å². The zero-order valence-electron chi connectivity index (χ0n) is 16.1. The molecule has 0 spiro atoms. The zero-order chi connectivity index (χ0) is 18.0. The first-order chi connectivity index (χ1) is 11.6. The van der Waals surface area contributed by atoms with Crippen molar-refractivity contribution in [3.05, 3.63) is 0 Å². The van der Waals surface area contributed by atoms with E-state index in [1.807, 2.05) is 0 Å². The molecule has 0 heterocycles. The Morgan fingerprint density at radius 2 is 1.33 bits per heavy atom. The number of hydrogen-bond donors (Lipinski definition) is 0. The van der Waals surface area contributed by atoms with Gasteiger partial charge in [0.05, 0.1) is 26.1 Å². The lowest BCUT2D eigenvalue weighted by atomic mass is 10.0. The van der Waals surface area contributed by atoms with Crippen molar-refractivity contribution in [3.8, 4) is 0 Å². The molecular weight excluding hydrogens is 304 g/mol. The fraction of sp³-hybridized carbons (Fsp3) is 0.900. The second kappa shape index (κ2) is 16.8. The minimum atomic E-state index is -0.293. The minimum absolute atomic E-state index is 0.125. The van der Waals surface area contributed by atoms with Crippen LogP contribution in [0.1, 0.15) is 97.8 Å². The number of rotatable bonds is 16. The molecule has 0 aromatic heterocycles.